The van der Waals surface area contributed by atoms with Crippen molar-refractivity contribution >= 4 is 22.7 Å². The van der Waals surface area contributed by atoms with Crippen molar-refractivity contribution in [3.05, 3.63) is 41.5 Å². The van der Waals surface area contributed by atoms with Gasteiger partial charge in [-0.05, 0) is 69.0 Å². The highest BCUT2D eigenvalue weighted by atomic mass is 28.4. The molecule has 0 aliphatic rings. The molecule has 0 heterocycles. The molecule has 0 fully saturated rings. The van der Waals surface area contributed by atoms with Crippen molar-refractivity contribution in [2.45, 2.75) is 84.7 Å². The lowest BCUT2D eigenvalue weighted by Gasteiger charge is -2.29. The van der Waals surface area contributed by atoms with E-state index in [2.05, 4.69) is 64.3 Å². The van der Waals surface area contributed by atoms with Gasteiger partial charge >= 0.3 is 0 Å². The molecule has 0 saturated heterocycles. The zero-order valence-corrected chi connectivity index (χ0v) is 21.5. The van der Waals surface area contributed by atoms with Gasteiger partial charge in [-0.1, -0.05) is 57.7 Å². The van der Waals surface area contributed by atoms with Crippen molar-refractivity contribution in [2.75, 3.05) is 0 Å². The molecule has 160 valence electrons. The van der Waals surface area contributed by atoms with Gasteiger partial charge in [0.15, 0.2) is 0 Å². The molecule has 3 nitrogen and oxygen atoms in total. The number of hydrogen-bond acceptors (Lipinski definition) is 3. The fourth-order valence-corrected chi connectivity index (χ4v) is 7.17. The lowest BCUT2D eigenvalue weighted by molar-refractivity contribution is 0.477. The smallest absolute Gasteiger partial charge is 0.245 e. The van der Waals surface area contributed by atoms with Crippen molar-refractivity contribution in [1.82, 2.24) is 0 Å². The van der Waals surface area contributed by atoms with Gasteiger partial charge in [-0.15, -0.1) is 0 Å². The Balaban J connectivity index is 3.17. The quantitative estimate of drug-likeness (QED) is 0.192. The van der Waals surface area contributed by atoms with E-state index < -0.39 is 16.6 Å². The minimum Gasteiger partial charge on any atom is -0.542 e. The second-order valence-corrected chi connectivity index (χ2v) is 17.4. The fraction of sp³-hybridized carbons (Fsp3) is 0.542. The average molecular weight is 430 g/mol. The average Bonchev–Trinajstić information content (AvgIpc) is 2.66. The molecule has 0 atom stereocenters. The summed E-state index contributed by atoms with van der Waals surface area (Å²) in [5, 5.41) is 8.90. The molecule has 0 amide bonds. The largest absolute Gasteiger partial charge is 0.542 e. The maximum Gasteiger partial charge on any atom is 0.245 e. The van der Waals surface area contributed by atoms with E-state index in [1.807, 2.05) is 18.2 Å². The Labute approximate surface area is 180 Å². The molecule has 1 rings (SSSR count). The predicted molar refractivity (Wildman–Crippen MR) is 130 cm³/mol. The summed E-state index contributed by atoms with van der Waals surface area (Å²) in [7, 11) is -3.61. The maximum atomic E-state index is 8.90. The van der Waals surface area contributed by atoms with Gasteiger partial charge in [-0.2, -0.15) is 5.26 Å². The Morgan fingerprint density at radius 1 is 0.966 bits per heavy atom. The van der Waals surface area contributed by atoms with Gasteiger partial charge in [0.1, 0.15) is 11.5 Å². The zero-order valence-electron chi connectivity index (χ0n) is 19.5. The minimum absolute atomic E-state index is 0.689. The van der Waals surface area contributed by atoms with E-state index in [-0.39, 0.29) is 0 Å². The molecule has 0 N–H and O–H groups in total. The lowest BCUT2D eigenvalue weighted by atomic mass is 10.2. The number of unbranched alkanes of at least 4 members (excludes halogenated alkanes) is 2. The molecule has 29 heavy (non-hydrogen) atoms. The van der Waals surface area contributed by atoms with E-state index >= 15 is 0 Å². The third kappa shape index (κ3) is 10.0. The van der Waals surface area contributed by atoms with Gasteiger partial charge in [0.25, 0.3) is 0 Å². The van der Waals surface area contributed by atoms with Crippen molar-refractivity contribution in [3.63, 3.8) is 0 Å². The van der Waals surface area contributed by atoms with Crippen molar-refractivity contribution in [1.29, 1.82) is 5.26 Å². The van der Waals surface area contributed by atoms with Crippen LogP contribution in [0.25, 0.3) is 6.08 Å². The van der Waals surface area contributed by atoms with Crippen LogP contribution in [0.3, 0.4) is 0 Å². The van der Waals surface area contributed by atoms with Crippen LogP contribution in [0.4, 0.5) is 0 Å². The van der Waals surface area contributed by atoms with Crippen molar-refractivity contribution in [2.24, 2.45) is 0 Å². The molecule has 5 heteroatoms. The van der Waals surface area contributed by atoms with Crippen LogP contribution in [0.1, 0.15) is 52.0 Å². The number of nitriles is 1. The summed E-state index contributed by atoms with van der Waals surface area (Å²) in [4.78, 5) is 0. The first-order chi connectivity index (χ1) is 13.6. The predicted octanol–water partition coefficient (Wildman–Crippen LogP) is 7.94. The van der Waals surface area contributed by atoms with E-state index in [9.17, 15) is 0 Å². The second kappa shape index (κ2) is 12.0. The summed E-state index contributed by atoms with van der Waals surface area (Å²) in [6.45, 7) is 15.4. The zero-order chi connectivity index (χ0) is 21.9. The van der Waals surface area contributed by atoms with E-state index in [0.29, 0.717) is 5.57 Å². The summed E-state index contributed by atoms with van der Waals surface area (Å²) in [6, 6.07) is 10.6. The molecule has 1 aromatic carbocycles. The number of benzene rings is 1. The third-order valence-corrected chi connectivity index (χ3v) is 9.48. The molecule has 0 saturated carbocycles. The Bertz CT molecular complexity index is 746. The normalized spacial score (nSPS) is 12.8. The van der Waals surface area contributed by atoms with Gasteiger partial charge < -0.3 is 8.85 Å². The van der Waals surface area contributed by atoms with E-state index in [1.54, 1.807) is 6.92 Å². The van der Waals surface area contributed by atoms with Gasteiger partial charge in [-0.3, -0.25) is 0 Å². The van der Waals surface area contributed by atoms with E-state index in [4.69, 9.17) is 14.1 Å². The highest BCUT2D eigenvalue weighted by Crippen LogP contribution is 2.35. The Morgan fingerprint density at radius 3 is 2.03 bits per heavy atom. The summed E-state index contributed by atoms with van der Waals surface area (Å²) < 4.78 is 13.2. The summed E-state index contributed by atoms with van der Waals surface area (Å²) in [5.41, 5.74) is 1.75. The number of nitrogens with zero attached hydrogens (tertiary/aromatic N) is 1. The van der Waals surface area contributed by atoms with Crippen LogP contribution in [0.5, 0.6) is 11.5 Å². The fourth-order valence-electron chi connectivity index (χ4n) is 3.04. The molecular formula is C24H39NO2Si2. The van der Waals surface area contributed by atoms with Crippen LogP contribution in [0.15, 0.2) is 35.9 Å². The molecular weight excluding hydrogens is 390 g/mol. The SMILES string of the molecule is CCCC[Si](C)(C)Oc1ccc(/C=C/C=C(/C)C#N)cc1O[Si](C)(C)CCCC. The first-order valence-electron chi connectivity index (χ1n) is 10.9. The maximum absolute atomic E-state index is 8.90. The summed E-state index contributed by atoms with van der Waals surface area (Å²) in [5.74, 6) is 1.76. The number of rotatable bonds is 12. The van der Waals surface area contributed by atoms with Crippen LogP contribution >= 0.6 is 0 Å². The molecule has 0 aromatic heterocycles. The van der Waals surface area contributed by atoms with Crippen LogP contribution in [-0.4, -0.2) is 16.6 Å². The first-order valence-corrected chi connectivity index (χ1v) is 17.1. The Morgan fingerprint density at radius 2 is 1.52 bits per heavy atom. The topological polar surface area (TPSA) is 42.2 Å². The first kappa shape index (κ1) is 25.3. The molecule has 0 aliphatic heterocycles. The summed E-state index contributed by atoms with van der Waals surface area (Å²) in [6.07, 6.45) is 10.5. The molecule has 0 radical (unpaired) electrons. The lowest BCUT2D eigenvalue weighted by Crippen LogP contribution is -2.36. The minimum atomic E-state index is -1.82. The van der Waals surface area contributed by atoms with Gasteiger partial charge in [0.05, 0.1) is 6.07 Å². The standard InChI is InChI=1S/C24H39NO2Si2/c1-8-10-17-28(4,5)26-23-16-15-22(14-12-13-21(3)20-25)19-24(23)27-29(6,7)18-11-9-2/h12-16,19H,8-11,17-18H2,1-7H3/b14-12+,21-13-. The van der Waals surface area contributed by atoms with E-state index in [1.165, 1.54) is 25.7 Å². The molecule has 0 spiro atoms. The third-order valence-electron chi connectivity index (χ3n) is 4.82. The van der Waals surface area contributed by atoms with Crippen LogP contribution < -0.4 is 8.85 Å². The Hall–Kier alpha value is -1.78. The van der Waals surface area contributed by atoms with Crippen molar-refractivity contribution < 1.29 is 8.85 Å². The van der Waals surface area contributed by atoms with Gasteiger partial charge in [0, 0.05) is 5.57 Å². The molecule has 0 unspecified atom stereocenters. The second-order valence-electron chi connectivity index (χ2n) is 8.96. The Kier molecular flexibility index (Phi) is 10.5. The molecule has 0 aliphatic carbocycles. The molecule has 1 aromatic rings. The van der Waals surface area contributed by atoms with Crippen molar-refractivity contribution in [3.8, 4) is 17.6 Å². The number of allylic oxidation sites excluding steroid dienone is 3. The van der Waals surface area contributed by atoms with Gasteiger partial charge in [0.2, 0.25) is 16.6 Å². The van der Waals surface area contributed by atoms with Gasteiger partial charge in [-0.25, -0.2) is 0 Å². The highest BCUT2D eigenvalue weighted by molar-refractivity contribution is 6.72. The number of hydrogen-bond donors (Lipinski definition) is 0. The van der Waals surface area contributed by atoms with E-state index in [0.717, 1.165) is 29.2 Å². The monoisotopic (exact) mass is 429 g/mol. The van der Waals surface area contributed by atoms with Crippen LogP contribution in [0, 0.1) is 11.3 Å². The molecule has 0 bridgehead atoms. The summed E-state index contributed by atoms with van der Waals surface area (Å²) >= 11 is 0. The van der Waals surface area contributed by atoms with Crippen LogP contribution in [-0.2, 0) is 0 Å². The highest BCUT2D eigenvalue weighted by Gasteiger charge is 2.28. The van der Waals surface area contributed by atoms with Crippen LogP contribution in [0.2, 0.25) is 38.3 Å².